The van der Waals surface area contributed by atoms with Crippen LogP contribution in [-0.2, 0) is 4.79 Å². The van der Waals surface area contributed by atoms with E-state index in [1.165, 1.54) is 0 Å². The Bertz CT molecular complexity index is 237. The Hall–Kier alpha value is -1.09. The van der Waals surface area contributed by atoms with Gasteiger partial charge in [-0.2, -0.15) is 0 Å². The summed E-state index contributed by atoms with van der Waals surface area (Å²) in [7, 11) is 0. The van der Waals surface area contributed by atoms with Crippen molar-refractivity contribution < 1.29 is 15.0 Å². The molecule has 0 aromatic rings. The number of aliphatic carboxylic acids is 1. The van der Waals surface area contributed by atoms with Gasteiger partial charge in [-0.25, -0.2) is 4.79 Å². The molecule has 0 aromatic heterocycles. The molecule has 0 saturated carbocycles. The first-order valence-electron chi connectivity index (χ1n) is 4.20. The molecule has 0 aliphatic heterocycles. The normalized spacial score (nSPS) is 15.7. The molecule has 0 aliphatic carbocycles. The number of hydrogen-bond donors (Lipinski definition) is 2. The predicted octanol–water partition coefficient (Wildman–Crippen LogP) is 1.73. The summed E-state index contributed by atoms with van der Waals surface area (Å²) in [5, 5.41) is 17.5. The first-order valence-corrected chi connectivity index (χ1v) is 4.20. The minimum atomic E-state index is -0.912. The van der Waals surface area contributed by atoms with Gasteiger partial charge in [0.15, 0.2) is 0 Å². The van der Waals surface area contributed by atoms with Crippen LogP contribution in [0.4, 0.5) is 0 Å². The zero-order valence-corrected chi connectivity index (χ0v) is 8.24. The average Bonchev–Trinajstić information content (AvgIpc) is 2.00. The van der Waals surface area contributed by atoms with Crippen molar-refractivity contribution in [2.24, 2.45) is 0 Å². The van der Waals surface area contributed by atoms with E-state index in [0.717, 1.165) is 5.57 Å². The van der Waals surface area contributed by atoms with Crippen LogP contribution in [0.3, 0.4) is 0 Å². The molecule has 0 aliphatic rings. The standard InChI is InChI=1S/C10H16O3/c1-7(4-5-9(3)11)6-8(2)10(12)13/h4,6,9,11H,5H2,1-3H3,(H,12,13)/b7-4+,8-6+/t9-/m1/s1. The Morgan fingerprint density at radius 3 is 2.38 bits per heavy atom. The van der Waals surface area contributed by atoms with E-state index < -0.39 is 5.97 Å². The molecule has 3 heteroatoms. The van der Waals surface area contributed by atoms with Crippen molar-refractivity contribution in [2.45, 2.75) is 33.3 Å². The SMILES string of the molecule is CC(=C\C[C@@H](C)O)/C=C(\C)C(=O)O. The molecule has 0 aromatic carbocycles. The highest BCUT2D eigenvalue weighted by Gasteiger charge is 1.99. The molecule has 0 spiro atoms. The summed E-state index contributed by atoms with van der Waals surface area (Å²) in [6.07, 6.45) is 3.57. The van der Waals surface area contributed by atoms with Gasteiger partial charge in [-0.3, -0.25) is 0 Å². The van der Waals surface area contributed by atoms with Gasteiger partial charge >= 0.3 is 5.97 Å². The molecule has 0 saturated heterocycles. The van der Waals surface area contributed by atoms with E-state index in [1.54, 1.807) is 19.9 Å². The predicted molar refractivity (Wildman–Crippen MR) is 51.4 cm³/mol. The molecule has 0 heterocycles. The van der Waals surface area contributed by atoms with Gasteiger partial charge in [0.25, 0.3) is 0 Å². The van der Waals surface area contributed by atoms with E-state index in [1.807, 2.05) is 13.0 Å². The fourth-order valence-electron chi connectivity index (χ4n) is 0.819. The van der Waals surface area contributed by atoms with Gasteiger partial charge < -0.3 is 10.2 Å². The molecule has 0 unspecified atom stereocenters. The summed E-state index contributed by atoms with van der Waals surface area (Å²) in [6, 6.07) is 0. The molecule has 0 amide bonds. The first kappa shape index (κ1) is 11.9. The quantitative estimate of drug-likeness (QED) is 0.516. The first-order chi connectivity index (χ1) is 5.93. The number of carboxylic acid groups (broad SMARTS) is 1. The van der Waals surface area contributed by atoms with Gasteiger partial charge in [0.05, 0.1) is 6.10 Å². The van der Waals surface area contributed by atoms with Crippen molar-refractivity contribution in [1.29, 1.82) is 0 Å². The molecule has 0 radical (unpaired) electrons. The Kier molecular flexibility index (Phi) is 5.07. The summed E-state index contributed by atoms with van der Waals surface area (Å²) in [5.74, 6) is -0.912. The highest BCUT2D eigenvalue weighted by molar-refractivity contribution is 5.86. The maximum atomic E-state index is 10.4. The van der Waals surface area contributed by atoms with Crippen molar-refractivity contribution in [3.8, 4) is 0 Å². The lowest BCUT2D eigenvalue weighted by Crippen LogP contribution is -1.98. The number of aliphatic hydroxyl groups excluding tert-OH is 1. The van der Waals surface area contributed by atoms with Crippen LogP contribution >= 0.6 is 0 Å². The molecule has 2 N–H and O–H groups in total. The van der Waals surface area contributed by atoms with Crippen LogP contribution in [0.15, 0.2) is 23.3 Å². The second-order valence-electron chi connectivity index (χ2n) is 3.17. The van der Waals surface area contributed by atoms with Gasteiger partial charge in [-0.05, 0) is 33.3 Å². The highest BCUT2D eigenvalue weighted by atomic mass is 16.4. The van der Waals surface area contributed by atoms with E-state index in [-0.39, 0.29) is 6.10 Å². The number of allylic oxidation sites excluding steroid dienone is 2. The van der Waals surface area contributed by atoms with Gasteiger partial charge in [0.2, 0.25) is 0 Å². The molecule has 0 rings (SSSR count). The topological polar surface area (TPSA) is 57.5 Å². The molecule has 1 atom stereocenters. The van der Waals surface area contributed by atoms with Gasteiger partial charge in [0, 0.05) is 5.57 Å². The van der Waals surface area contributed by atoms with Crippen LogP contribution in [0.25, 0.3) is 0 Å². The smallest absolute Gasteiger partial charge is 0.331 e. The monoisotopic (exact) mass is 184 g/mol. The third kappa shape index (κ3) is 6.11. The Morgan fingerprint density at radius 1 is 1.46 bits per heavy atom. The van der Waals surface area contributed by atoms with Crippen LogP contribution in [-0.4, -0.2) is 22.3 Å². The summed E-state index contributed by atoms with van der Waals surface area (Å²) in [4.78, 5) is 10.4. The molecule has 74 valence electrons. The Labute approximate surface area is 78.4 Å². The molecule has 0 bridgehead atoms. The van der Waals surface area contributed by atoms with E-state index in [0.29, 0.717) is 12.0 Å². The number of carbonyl (C=O) groups is 1. The second kappa shape index (κ2) is 5.54. The maximum Gasteiger partial charge on any atom is 0.331 e. The van der Waals surface area contributed by atoms with Crippen LogP contribution in [0.2, 0.25) is 0 Å². The lowest BCUT2D eigenvalue weighted by atomic mass is 10.1. The van der Waals surface area contributed by atoms with E-state index >= 15 is 0 Å². The minimum Gasteiger partial charge on any atom is -0.478 e. The van der Waals surface area contributed by atoms with Crippen LogP contribution in [0, 0.1) is 0 Å². The maximum absolute atomic E-state index is 10.4. The fraction of sp³-hybridized carbons (Fsp3) is 0.500. The van der Waals surface area contributed by atoms with E-state index in [2.05, 4.69) is 0 Å². The summed E-state index contributed by atoms with van der Waals surface area (Å²) in [5.41, 5.74) is 1.17. The zero-order chi connectivity index (χ0) is 10.4. The van der Waals surface area contributed by atoms with Gasteiger partial charge in [0.1, 0.15) is 0 Å². The second-order valence-corrected chi connectivity index (χ2v) is 3.17. The Morgan fingerprint density at radius 2 is 2.00 bits per heavy atom. The molecule has 3 nitrogen and oxygen atoms in total. The van der Waals surface area contributed by atoms with Crippen LogP contribution in [0.1, 0.15) is 27.2 Å². The zero-order valence-electron chi connectivity index (χ0n) is 8.24. The van der Waals surface area contributed by atoms with Gasteiger partial charge in [-0.1, -0.05) is 11.6 Å². The summed E-state index contributed by atoms with van der Waals surface area (Å²) < 4.78 is 0. The molecular formula is C10H16O3. The van der Waals surface area contributed by atoms with Crippen molar-refractivity contribution in [3.63, 3.8) is 0 Å². The number of rotatable bonds is 4. The molecule has 0 fully saturated rings. The molecular weight excluding hydrogens is 168 g/mol. The van der Waals surface area contributed by atoms with E-state index in [4.69, 9.17) is 10.2 Å². The lowest BCUT2D eigenvalue weighted by molar-refractivity contribution is -0.132. The number of aliphatic hydroxyl groups is 1. The summed E-state index contributed by atoms with van der Waals surface area (Å²) in [6.45, 7) is 5.05. The number of hydrogen-bond acceptors (Lipinski definition) is 2. The summed E-state index contributed by atoms with van der Waals surface area (Å²) >= 11 is 0. The van der Waals surface area contributed by atoms with Crippen molar-refractivity contribution in [2.75, 3.05) is 0 Å². The third-order valence-electron chi connectivity index (χ3n) is 1.56. The largest absolute Gasteiger partial charge is 0.478 e. The van der Waals surface area contributed by atoms with E-state index in [9.17, 15) is 4.79 Å². The Balaban J connectivity index is 4.27. The lowest BCUT2D eigenvalue weighted by Gasteiger charge is -1.99. The average molecular weight is 184 g/mol. The van der Waals surface area contributed by atoms with Crippen LogP contribution in [0.5, 0.6) is 0 Å². The van der Waals surface area contributed by atoms with Crippen molar-refractivity contribution in [3.05, 3.63) is 23.3 Å². The van der Waals surface area contributed by atoms with Crippen molar-refractivity contribution in [1.82, 2.24) is 0 Å². The fourth-order valence-corrected chi connectivity index (χ4v) is 0.819. The highest BCUT2D eigenvalue weighted by Crippen LogP contribution is 2.04. The minimum absolute atomic E-state index is 0.305. The number of carboxylic acids is 1. The van der Waals surface area contributed by atoms with Crippen LogP contribution < -0.4 is 0 Å². The molecule has 13 heavy (non-hydrogen) atoms. The van der Waals surface area contributed by atoms with Gasteiger partial charge in [-0.15, -0.1) is 0 Å². The van der Waals surface area contributed by atoms with Crippen molar-refractivity contribution >= 4 is 5.97 Å². The third-order valence-corrected chi connectivity index (χ3v) is 1.56.